The SMILES string of the molecule is CCOC(=O)CC(c1ccccc1)N1CC(=O)N(C(C)C)c2ccc(C#CCCCC#N)cc2C1=O. The van der Waals surface area contributed by atoms with Gasteiger partial charge in [0, 0.05) is 24.4 Å². The Bertz CT molecular complexity index is 1200. The maximum Gasteiger partial charge on any atom is 0.308 e. The lowest BCUT2D eigenvalue weighted by Crippen LogP contribution is -2.44. The summed E-state index contributed by atoms with van der Waals surface area (Å²) in [7, 11) is 0. The number of benzene rings is 2. The lowest BCUT2D eigenvalue weighted by Gasteiger charge is -2.31. The predicted octanol–water partition coefficient (Wildman–Crippen LogP) is 4.62. The van der Waals surface area contributed by atoms with Gasteiger partial charge in [-0.2, -0.15) is 5.26 Å². The minimum absolute atomic E-state index is 0.0632. The summed E-state index contributed by atoms with van der Waals surface area (Å²) in [6.45, 7) is 5.60. The second-order valence-electron chi connectivity index (χ2n) is 8.77. The molecule has 2 amide bonds. The van der Waals surface area contributed by atoms with Gasteiger partial charge in [-0.15, -0.1) is 0 Å². The summed E-state index contributed by atoms with van der Waals surface area (Å²) in [4.78, 5) is 43.0. The molecule has 0 saturated heterocycles. The molecule has 0 bridgehead atoms. The van der Waals surface area contributed by atoms with Crippen LogP contribution in [0.2, 0.25) is 0 Å². The molecule has 0 aliphatic carbocycles. The molecule has 1 unspecified atom stereocenters. The number of anilines is 1. The van der Waals surface area contributed by atoms with E-state index in [4.69, 9.17) is 10.00 Å². The molecule has 0 saturated carbocycles. The van der Waals surface area contributed by atoms with Gasteiger partial charge in [-0.3, -0.25) is 14.4 Å². The molecule has 3 rings (SSSR count). The van der Waals surface area contributed by atoms with E-state index in [1.165, 1.54) is 4.90 Å². The first-order valence-corrected chi connectivity index (χ1v) is 12.2. The highest BCUT2D eigenvalue weighted by Gasteiger charge is 2.37. The molecular weight excluding hydrogens is 454 g/mol. The van der Waals surface area contributed by atoms with Crippen LogP contribution >= 0.6 is 0 Å². The fourth-order valence-electron chi connectivity index (χ4n) is 4.28. The molecule has 36 heavy (non-hydrogen) atoms. The number of ether oxygens (including phenoxy) is 1. The molecule has 2 aromatic rings. The van der Waals surface area contributed by atoms with Crippen molar-refractivity contribution in [2.24, 2.45) is 0 Å². The first kappa shape index (κ1) is 26.5. The van der Waals surface area contributed by atoms with E-state index in [2.05, 4.69) is 17.9 Å². The van der Waals surface area contributed by atoms with Gasteiger partial charge in [0.1, 0.15) is 6.54 Å². The molecule has 1 aliphatic heterocycles. The maximum atomic E-state index is 14.0. The Morgan fingerprint density at radius 2 is 1.86 bits per heavy atom. The zero-order chi connectivity index (χ0) is 26.1. The first-order chi connectivity index (χ1) is 17.4. The van der Waals surface area contributed by atoms with Crippen molar-refractivity contribution in [1.29, 1.82) is 5.26 Å². The summed E-state index contributed by atoms with van der Waals surface area (Å²) >= 11 is 0. The summed E-state index contributed by atoms with van der Waals surface area (Å²) in [6, 6.07) is 15.8. The third kappa shape index (κ3) is 6.31. The Morgan fingerprint density at radius 1 is 1.11 bits per heavy atom. The highest BCUT2D eigenvalue weighted by Crippen LogP contribution is 2.34. The highest BCUT2D eigenvalue weighted by atomic mass is 16.5. The minimum atomic E-state index is -0.664. The molecule has 2 aromatic carbocycles. The van der Waals surface area contributed by atoms with Gasteiger partial charge in [0.15, 0.2) is 0 Å². The van der Waals surface area contributed by atoms with Crippen LogP contribution in [0.1, 0.15) is 74.0 Å². The van der Waals surface area contributed by atoms with E-state index in [1.54, 1.807) is 30.0 Å². The smallest absolute Gasteiger partial charge is 0.308 e. The quantitative estimate of drug-likeness (QED) is 0.309. The Kier molecular flexibility index (Phi) is 9.25. The zero-order valence-corrected chi connectivity index (χ0v) is 21.0. The lowest BCUT2D eigenvalue weighted by molar-refractivity contribution is -0.144. The fourth-order valence-corrected chi connectivity index (χ4v) is 4.28. The summed E-state index contributed by atoms with van der Waals surface area (Å²) in [5.41, 5.74) is 2.29. The van der Waals surface area contributed by atoms with Crippen LogP contribution in [-0.4, -0.2) is 41.9 Å². The van der Waals surface area contributed by atoms with Gasteiger partial charge in [0.2, 0.25) is 5.91 Å². The number of hydrogen-bond acceptors (Lipinski definition) is 5. The highest BCUT2D eigenvalue weighted by molar-refractivity contribution is 6.10. The number of unbranched alkanes of at least 4 members (excludes halogenated alkanes) is 2. The second kappa shape index (κ2) is 12.6. The monoisotopic (exact) mass is 485 g/mol. The van der Waals surface area contributed by atoms with E-state index in [-0.39, 0.29) is 37.4 Å². The number of nitriles is 1. The van der Waals surface area contributed by atoms with E-state index in [0.29, 0.717) is 36.1 Å². The third-order valence-corrected chi connectivity index (χ3v) is 5.89. The Hall–Kier alpha value is -4.10. The van der Waals surface area contributed by atoms with E-state index >= 15 is 0 Å². The predicted molar refractivity (Wildman–Crippen MR) is 137 cm³/mol. The molecule has 0 fully saturated rings. The average molecular weight is 486 g/mol. The van der Waals surface area contributed by atoms with Crippen LogP contribution < -0.4 is 4.90 Å². The Labute approximate surface area is 212 Å². The number of rotatable bonds is 8. The summed E-state index contributed by atoms with van der Waals surface area (Å²) in [5.74, 6) is 5.11. The van der Waals surface area contributed by atoms with Crippen molar-refractivity contribution in [3.05, 3.63) is 65.2 Å². The van der Waals surface area contributed by atoms with Crippen LogP contribution in [0.4, 0.5) is 5.69 Å². The maximum absolute atomic E-state index is 14.0. The van der Waals surface area contributed by atoms with Crippen LogP contribution in [0.3, 0.4) is 0 Å². The lowest BCUT2D eigenvalue weighted by atomic mass is 10.00. The van der Waals surface area contributed by atoms with Gasteiger partial charge in [-0.1, -0.05) is 42.2 Å². The molecule has 0 radical (unpaired) electrons. The molecule has 0 N–H and O–H groups in total. The van der Waals surface area contributed by atoms with Crippen LogP contribution in [0, 0.1) is 23.2 Å². The molecule has 7 heteroatoms. The van der Waals surface area contributed by atoms with E-state index in [9.17, 15) is 14.4 Å². The number of esters is 1. The molecule has 186 valence electrons. The Balaban J connectivity index is 2.07. The second-order valence-corrected chi connectivity index (χ2v) is 8.77. The summed E-state index contributed by atoms with van der Waals surface area (Å²) in [6.07, 6.45) is 1.64. The van der Waals surface area contributed by atoms with Crippen LogP contribution in [0.15, 0.2) is 48.5 Å². The molecule has 7 nitrogen and oxygen atoms in total. The number of amides is 2. The van der Waals surface area contributed by atoms with Gasteiger partial charge in [-0.05, 0) is 51.0 Å². The zero-order valence-electron chi connectivity index (χ0n) is 21.0. The van der Waals surface area contributed by atoms with E-state index < -0.39 is 12.0 Å². The fraction of sp³-hybridized carbons (Fsp3) is 0.379. The van der Waals surface area contributed by atoms with Crippen molar-refractivity contribution in [2.45, 2.75) is 58.5 Å². The van der Waals surface area contributed by atoms with Crippen molar-refractivity contribution < 1.29 is 19.1 Å². The van der Waals surface area contributed by atoms with Gasteiger partial charge in [0.05, 0.1) is 36.4 Å². The molecule has 1 atom stereocenters. The van der Waals surface area contributed by atoms with Crippen LogP contribution in [0.5, 0.6) is 0 Å². The average Bonchev–Trinajstić information content (AvgIpc) is 2.97. The first-order valence-electron chi connectivity index (χ1n) is 12.2. The number of carbonyl (C=O) groups excluding carboxylic acids is 3. The number of fused-ring (bicyclic) bond motifs is 1. The minimum Gasteiger partial charge on any atom is -0.466 e. The standard InChI is InChI=1S/C29H31N3O4/c1-4-36-28(34)19-26(23-13-9-7-10-14-23)31-20-27(33)32(21(2)3)25-16-15-22(18-24(25)29(31)35)12-8-5-6-11-17-30/h7,9-10,13-16,18,21,26H,4-6,11,19-20H2,1-3H3. The Morgan fingerprint density at radius 3 is 2.53 bits per heavy atom. The molecule has 0 aromatic heterocycles. The third-order valence-electron chi connectivity index (χ3n) is 5.89. The number of nitrogens with zero attached hydrogens (tertiary/aromatic N) is 3. The number of carbonyl (C=O) groups is 3. The van der Waals surface area contributed by atoms with Crippen LogP contribution in [0.25, 0.3) is 0 Å². The van der Waals surface area contributed by atoms with Crippen molar-refractivity contribution in [3.8, 4) is 17.9 Å². The van der Waals surface area contributed by atoms with Crippen molar-refractivity contribution >= 4 is 23.5 Å². The van der Waals surface area contributed by atoms with Gasteiger partial charge < -0.3 is 14.5 Å². The molecule has 1 aliphatic rings. The van der Waals surface area contributed by atoms with E-state index in [0.717, 1.165) is 5.56 Å². The molecule has 0 spiro atoms. The largest absolute Gasteiger partial charge is 0.466 e. The van der Waals surface area contributed by atoms with Crippen molar-refractivity contribution in [1.82, 2.24) is 4.90 Å². The molecule has 1 heterocycles. The normalized spacial score (nSPS) is 13.9. The summed E-state index contributed by atoms with van der Waals surface area (Å²) in [5, 5.41) is 8.70. The number of hydrogen-bond donors (Lipinski definition) is 0. The van der Waals surface area contributed by atoms with E-state index in [1.807, 2.05) is 44.2 Å². The van der Waals surface area contributed by atoms with Gasteiger partial charge in [0.25, 0.3) is 5.91 Å². The topological polar surface area (TPSA) is 90.7 Å². The van der Waals surface area contributed by atoms with Crippen molar-refractivity contribution in [3.63, 3.8) is 0 Å². The van der Waals surface area contributed by atoms with Gasteiger partial charge in [-0.25, -0.2) is 0 Å². The van der Waals surface area contributed by atoms with Gasteiger partial charge >= 0.3 is 5.97 Å². The van der Waals surface area contributed by atoms with Crippen LogP contribution in [-0.2, 0) is 14.3 Å². The molecular formula is C29H31N3O4. The van der Waals surface area contributed by atoms with Crippen molar-refractivity contribution in [2.75, 3.05) is 18.1 Å². The summed E-state index contributed by atoms with van der Waals surface area (Å²) < 4.78 is 5.19.